The van der Waals surface area contributed by atoms with Crippen molar-refractivity contribution in [1.29, 1.82) is 0 Å². The van der Waals surface area contributed by atoms with Crippen LogP contribution in [0.2, 0.25) is 5.02 Å². The summed E-state index contributed by atoms with van der Waals surface area (Å²) in [5.74, 6) is 0.888. The quantitative estimate of drug-likeness (QED) is 0.793. The van der Waals surface area contributed by atoms with Crippen LogP contribution in [-0.2, 0) is 6.54 Å². The minimum Gasteiger partial charge on any atom is -0.387 e. The summed E-state index contributed by atoms with van der Waals surface area (Å²) >= 11 is 5.83. The lowest BCUT2D eigenvalue weighted by atomic mass is 10.2. The molecule has 0 radical (unpaired) electrons. The average molecular weight is 306 g/mol. The lowest BCUT2D eigenvalue weighted by molar-refractivity contribution is 0.194. The molecule has 7 nitrogen and oxygen atoms in total. The summed E-state index contributed by atoms with van der Waals surface area (Å²) in [6, 6.07) is 7.13. The number of halogens is 1. The first-order chi connectivity index (χ1) is 10.1. The van der Waals surface area contributed by atoms with Gasteiger partial charge in [0.25, 0.3) is 5.89 Å². The molecule has 0 bridgehead atoms. The highest BCUT2D eigenvalue weighted by Crippen LogP contribution is 2.19. The van der Waals surface area contributed by atoms with Crippen molar-refractivity contribution in [2.24, 2.45) is 0 Å². The monoisotopic (exact) mass is 305 g/mol. The van der Waals surface area contributed by atoms with E-state index >= 15 is 0 Å². The van der Waals surface area contributed by atoms with Gasteiger partial charge in [-0.05, 0) is 31.2 Å². The van der Waals surface area contributed by atoms with Gasteiger partial charge < -0.3 is 9.63 Å². The third-order valence-corrected chi connectivity index (χ3v) is 3.10. The van der Waals surface area contributed by atoms with Crippen molar-refractivity contribution in [3.05, 3.63) is 47.0 Å². The summed E-state index contributed by atoms with van der Waals surface area (Å²) in [4.78, 5) is 4.29. The van der Waals surface area contributed by atoms with Crippen LogP contribution in [-0.4, -0.2) is 30.2 Å². The minimum atomic E-state index is -0.659. The predicted molar refractivity (Wildman–Crippen MR) is 74.5 cm³/mol. The number of benzene rings is 1. The Morgan fingerprint density at radius 2 is 2.10 bits per heavy atom. The maximum atomic E-state index is 9.40. The Balaban J connectivity index is 1.76. The molecule has 21 heavy (non-hydrogen) atoms. The van der Waals surface area contributed by atoms with E-state index in [0.29, 0.717) is 29.0 Å². The maximum absolute atomic E-state index is 9.40. The van der Waals surface area contributed by atoms with Crippen LogP contribution in [0.15, 0.2) is 35.0 Å². The molecule has 2 aromatic heterocycles. The second kappa shape index (κ2) is 5.63. The first-order valence-electron chi connectivity index (χ1n) is 6.28. The van der Waals surface area contributed by atoms with E-state index in [4.69, 9.17) is 16.1 Å². The molecule has 0 aliphatic carbocycles. The zero-order chi connectivity index (χ0) is 14.8. The molecule has 0 saturated heterocycles. The molecule has 1 aromatic carbocycles. The largest absolute Gasteiger partial charge is 0.387 e. The Hall–Kier alpha value is -2.25. The van der Waals surface area contributed by atoms with Crippen LogP contribution >= 0.6 is 11.6 Å². The molecule has 0 saturated carbocycles. The van der Waals surface area contributed by atoms with Crippen molar-refractivity contribution in [3.63, 3.8) is 0 Å². The Labute approximate surface area is 125 Å². The molecule has 1 atom stereocenters. The Morgan fingerprint density at radius 3 is 2.76 bits per heavy atom. The predicted octanol–water partition coefficient (Wildman–Crippen LogP) is 2.08. The fourth-order valence-electron chi connectivity index (χ4n) is 1.75. The molecule has 2 heterocycles. The fraction of sp³-hybridized carbons (Fsp3) is 0.231. The number of nitrogens with zero attached hydrogens (tertiary/aromatic N) is 5. The second-order valence-electron chi connectivity index (χ2n) is 4.54. The summed E-state index contributed by atoms with van der Waals surface area (Å²) in [6.45, 7) is 1.94. The standard InChI is InChI=1S/C13H12ClN5O2/c1-8(20)11-6-19(18-16-11)7-12-15-13(21-17-12)9-2-4-10(14)5-3-9/h2-6,8,20H,7H2,1H3. The van der Waals surface area contributed by atoms with Gasteiger partial charge in [0.15, 0.2) is 5.82 Å². The molecular formula is C13H12ClN5O2. The van der Waals surface area contributed by atoms with Gasteiger partial charge in [0.1, 0.15) is 12.2 Å². The van der Waals surface area contributed by atoms with Crippen LogP contribution in [0, 0.1) is 0 Å². The average Bonchev–Trinajstić information content (AvgIpc) is 3.10. The number of aliphatic hydroxyl groups excluding tert-OH is 1. The molecule has 3 rings (SSSR count). The van der Waals surface area contributed by atoms with E-state index in [2.05, 4.69) is 20.5 Å². The zero-order valence-corrected chi connectivity index (χ0v) is 11.9. The Morgan fingerprint density at radius 1 is 1.33 bits per heavy atom. The van der Waals surface area contributed by atoms with Gasteiger partial charge >= 0.3 is 0 Å². The second-order valence-corrected chi connectivity index (χ2v) is 4.98. The van der Waals surface area contributed by atoms with Gasteiger partial charge in [0.05, 0.1) is 12.3 Å². The van der Waals surface area contributed by atoms with Gasteiger partial charge in [-0.25, -0.2) is 4.68 Å². The van der Waals surface area contributed by atoms with E-state index in [1.165, 1.54) is 0 Å². The fourth-order valence-corrected chi connectivity index (χ4v) is 1.88. The van der Waals surface area contributed by atoms with Crippen LogP contribution in [0.5, 0.6) is 0 Å². The van der Waals surface area contributed by atoms with Crippen LogP contribution in [0.3, 0.4) is 0 Å². The summed E-state index contributed by atoms with van der Waals surface area (Å²) in [5.41, 5.74) is 1.29. The summed E-state index contributed by atoms with van der Waals surface area (Å²) in [5, 5.41) is 21.7. The van der Waals surface area contributed by atoms with E-state index in [9.17, 15) is 5.11 Å². The van der Waals surface area contributed by atoms with Crippen LogP contribution in [0.25, 0.3) is 11.5 Å². The highest BCUT2D eigenvalue weighted by atomic mass is 35.5. The van der Waals surface area contributed by atoms with Gasteiger partial charge in [-0.2, -0.15) is 4.98 Å². The SMILES string of the molecule is CC(O)c1cn(Cc2noc(-c3ccc(Cl)cc3)n2)nn1. The van der Waals surface area contributed by atoms with E-state index in [1.54, 1.807) is 42.1 Å². The number of aromatic nitrogens is 5. The smallest absolute Gasteiger partial charge is 0.257 e. The maximum Gasteiger partial charge on any atom is 0.257 e. The molecule has 0 aliphatic heterocycles. The normalized spacial score (nSPS) is 12.5. The lowest BCUT2D eigenvalue weighted by Gasteiger charge is -1.95. The molecule has 0 spiro atoms. The summed E-state index contributed by atoms with van der Waals surface area (Å²) in [6.07, 6.45) is 0.983. The lowest BCUT2D eigenvalue weighted by Crippen LogP contribution is -2.02. The highest BCUT2D eigenvalue weighted by Gasteiger charge is 2.11. The number of rotatable bonds is 4. The van der Waals surface area contributed by atoms with E-state index in [1.807, 2.05) is 0 Å². The van der Waals surface area contributed by atoms with Crippen molar-refractivity contribution in [3.8, 4) is 11.5 Å². The van der Waals surface area contributed by atoms with Crippen LogP contribution in [0.1, 0.15) is 24.5 Å². The molecular weight excluding hydrogens is 294 g/mol. The summed E-state index contributed by atoms with van der Waals surface area (Å²) < 4.78 is 6.74. The van der Waals surface area contributed by atoms with Gasteiger partial charge in [0.2, 0.25) is 0 Å². The molecule has 108 valence electrons. The first-order valence-corrected chi connectivity index (χ1v) is 6.66. The van der Waals surface area contributed by atoms with Gasteiger partial charge in [-0.15, -0.1) is 5.10 Å². The number of aliphatic hydroxyl groups is 1. The van der Waals surface area contributed by atoms with Gasteiger partial charge in [-0.1, -0.05) is 22.0 Å². The van der Waals surface area contributed by atoms with Crippen molar-refractivity contribution in [2.75, 3.05) is 0 Å². The Kier molecular flexibility index (Phi) is 3.68. The van der Waals surface area contributed by atoms with E-state index in [0.717, 1.165) is 5.56 Å². The van der Waals surface area contributed by atoms with Gasteiger partial charge in [0, 0.05) is 10.6 Å². The molecule has 0 amide bonds. The van der Waals surface area contributed by atoms with Crippen molar-refractivity contribution in [2.45, 2.75) is 19.6 Å². The van der Waals surface area contributed by atoms with E-state index < -0.39 is 6.10 Å². The first kappa shape index (κ1) is 13.7. The molecule has 0 aliphatic rings. The minimum absolute atomic E-state index is 0.316. The third kappa shape index (κ3) is 3.09. The van der Waals surface area contributed by atoms with Crippen molar-refractivity contribution in [1.82, 2.24) is 25.1 Å². The van der Waals surface area contributed by atoms with Crippen LogP contribution < -0.4 is 0 Å². The zero-order valence-electron chi connectivity index (χ0n) is 11.1. The number of hydrogen-bond acceptors (Lipinski definition) is 6. The Bertz CT molecular complexity index is 735. The molecule has 0 fully saturated rings. The summed E-state index contributed by atoms with van der Waals surface area (Å²) in [7, 11) is 0. The number of hydrogen-bond donors (Lipinski definition) is 1. The highest BCUT2D eigenvalue weighted by molar-refractivity contribution is 6.30. The molecule has 3 aromatic rings. The van der Waals surface area contributed by atoms with Crippen molar-refractivity contribution < 1.29 is 9.63 Å². The van der Waals surface area contributed by atoms with Crippen molar-refractivity contribution >= 4 is 11.6 Å². The topological polar surface area (TPSA) is 89.9 Å². The molecule has 1 unspecified atom stereocenters. The molecule has 1 N–H and O–H groups in total. The third-order valence-electron chi connectivity index (χ3n) is 2.85. The van der Waals surface area contributed by atoms with E-state index in [-0.39, 0.29) is 0 Å². The van der Waals surface area contributed by atoms with Gasteiger partial charge in [-0.3, -0.25) is 0 Å². The van der Waals surface area contributed by atoms with Crippen LogP contribution in [0.4, 0.5) is 0 Å². The molecule has 8 heteroatoms.